The molecule has 1 saturated heterocycles. The van der Waals surface area contributed by atoms with Gasteiger partial charge in [0.25, 0.3) is 5.91 Å². The minimum absolute atomic E-state index is 0.182. The zero-order valence-electron chi connectivity index (χ0n) is 12.7. The molecule has 1 aliphatic heterocycles. The second-order valence-electron chi connectivity index (χ2n) is 5.24. The molecule has 1 aromatic rings. The topological polar surface area (TPSA) is 87.4 Å². The molecular formula is C14H24N6O. The number of amides is 1. The number of anilines is 1. The zero-order valence-corrected chi connectivity index (χ0v) is 12.7. The quantitative estimate of drug-likeness (QED) is 0.774. The predicted molar refractivity (Wildman–Crippen MR) is 82.3 cm³/mol. The maximum atomic E-state index is 11.6. The summed E-state index contributed by atoms with van der Waals surface area (Å²) in [6.45, 7) is 9.04. The Labute approximate surface area is 125 Å². The Morgan fingerprint density at radius 2 is 2.05 bits per heavy atom. The molecule has 2 rings (SSSR count). The van der Waals surface area contributed by atoms with Gasteiger partial charge in [-0.3, -0.25) is 9.69 Å². The van der Waals surface area contributed by atoms with E-state index >= 15 is 0 Å². The van der Waals surface area contributed by atoms with Gasteiger partial charge in [-0.05, 0) is 26.0 Å². The second-order valence-corrected chi connectivity index (χ2v) is 5.24. The lowest BCUT2D eigenvalue weighted by Gasteiger charge is -2.38. The van der Waals surface area contributed by atoms with Crippen LogP contribution in [0.4, 0.5) is 5.82 Å². The predicted octanol–water partition coefficient (Wildman–Crippen LogP) is -0.304. The molecule has 1 fully saturated rings. The van der Waals surface area contributed by atoms with E-state index in [1.54, 1.807) is 6.07 Å². The third kappa shape index (κ3) is 3.89. The average Bonchev–Trinajstić information content (AvgIpc) is 2.54. The first-order chi connectivity index (χ1) is 10.2. The lowest BCUT2D eigenvalue weighted by atomic mass is 10.2. The van der Waals surface area contributed by atoms with E-state index in [1.807, 2.05) is 13.0 Å². The molecule has 0 radical (unpaired) electrons. The van der Waals surface area contributed by atoms with E-state index < -0.39 is 0 Å². The summed E-state index contributed by atoms with van der Waals surface area (Å²) in [5.41, 5.74) is 6.06. The molecule has 0 spiro atoms. The minimum atomic E-state index is -0.182. The molecule has 0 saturated carbocycles. The van der Waals surface area contributed by atoms with Crippen LogP contribution in [0.3, 0.4) is 0 Å². The van der Waals surface area contributed by atoms with E-state index in [1.165, 1.54) is 0 Å². The number of piperazine rings is 1. The fraction of sp³-hybridized carbons (Fsp3) is 0.643. The van der Waals surface area contributed by atoms with Gasteiger partial charge in [0, 0.05) is 45.3 Å². The van der Waals surface area contributed by atoms with E-state index in [0.29, 0.717) is 24.8 Å². The van der Waals surface area contributed by atoms with Gasteiger partial charge in [-0.2, -0.15) is 0 Å². The van der Waals surface area contributed by atoms with Crippen LogP contribution in [0.5, 0.6) is 0 Å². The summed E-state index contributed by atoms with van der Waals surface area (Å²) in [5.74, 6) is 0.640. The molecular weight excluding hydrogens is 268 g/mol. The summed E-state index contributed by atoms with van der Waals surface area (Å²) in [6.07, 6.45) is 0. The van der Waals surface area contributed by atoms with Crippen molar-refractivity contribution < 1.29 is 4.79 Å². The molecule has 7 heteroatoms. The number of nitrogens with two attached hydrogens (primary N) is 1. The van der Waals surface area contributed by atoms with Gasteiger partial charge in [0.2, 0.25) is 0 Å². The lowest BCUT2D eigenvalue weighted by Crippen LogP contribution is -2.51. The van der Waals surface area contributed by atoms with E-state index in [2.05, 4.69) is 32.2 Å². The maximum absolute atomic E-state index is 11.6. The average molecular weight is 292 g/mol. The summed E-state index contributed by atoms with van der Waals surface area (Å²) >= 11 is 0. The molecule has 0 bridgehead atoms. The van der Waals surface area contributed by atoms with Gasteiger partial charge in [-0.15, -0.1) is 10.2 Å². The summed E-state index contributed by atoms with van der Waals surface area (Å²) in [7, 11) is 0. The van der Waals surface area contributed by atoms with Crippen LogP contribution in [-0.4, -0.2) is 66.3 Å². The second kappa shape index (κ2) is 7.33. The van der Waals surface area contributed by atoms with Gasteiger partial charge in [0.05, 0.1) is 0 Å². The maximum Gasteiger partial charge on any atom is 0.271 e. The van der Waals surface area contributed by atoms with Crippen LogP contribution in [0.1, 0.15) is 24.3 Å². The van der Waals surface area contributed by atoms with Gasteiger partial charge in [-0.25, -0.2) is 0 Å². The third-order valence-corrected chi connectivity index (χ3v) is 3.82. The van der Waals surface area contributed by atoms with Gasteiger partial charge < -0.3 is 16.0 Å². The van der Waals surface area contributed by atoms with Crippen molar-refractivity contribution in [1.82, 2.24) is 20.4 Å². The molecule has 1 unspecified atom stereocenters. The molecule has 21 heavy (non-hydrogen) atoms. The SMILES string of the molecule is CCNC(=O)c1ccc(N2CCN(C(C)CN)CC2)nn1. The van der Waals surface area contributed by atoms with Crippen molar-refractivity contribution in [2.75, 3.05) is 44.2 Å². The largest absolute Gasteiger partial charge is 0.353 e. The summed E-state index contributed by atoms with van der Waals surface area (Å²) in [6, 6.07) is 4.00. The van der Waals surface area contributed by atoms with Crippen molar-refractivity contribution in [3.8, 4) is 0 Å². The Balaban J connectivity index is 1.93. The molecule has 1 aromatic heterocycles. The molecule has 0 aliphatic carbocycles. The van der Waals surface area contributed by atoms with Crippen LogP contribution in [-0.2, 0) is 0 Å². The van der Waals surface area contributed by atoms with Crippen LogP contribution < -0.4 is 16.0 Å². The van der Waals surface area contributed by atoms with Crippen LogP contribution >= 0.6 is 0 Å². The fourth-order valence-corrected chi connectivity index (χ4v) is 2.41. The Hall–Kier alpha value is -1.73. The first kappa shape index (κ1) is 15.7. The van der Waals surface area contributed by atoms with Crippen molar-refractivity contribution in [1.29, 1.82) is 0 Å². The number of nitrogens with zero attached hydrogens (tertiary/aromatic N) is 4. The number of carbonyl (C=O) groups excluding carboxylic acids is 1. The number of rotatable bonds is 5. The van der Waals surface area contributed by atoms with Gasteiger partial charge >= 0.3 is 0 Å². The normalized spacial score (nSPS) is 17.6. The van der Waals surface area contributed by atoms with E-state index in [-0.39, 0.29) is 5.91 Å². The Kier molecular flexibility index (Phi) is 5.46. The van der Waals surface area contributed by atoms with Crippen LogP contribution in [0.15, 0.2) is 12.1 Å². The number of hydrogen-bond acceptors (Lipinski definition) is 6. The number of hydrogen-bond donors (Lipinski definition) is 2. The van der Waals surface area contributed by atoms with Crippen LogP contribution in [0.25, 0.3) is 0 Å². The smallest absolute Gasteiger partial charge is 0.271 e. The summed E-state index contributed by atoms with van der Waals surface area (Å²) in [5, 5.41) is 10.9. The minimum Gasteiger partial charge on any atom is -0.353 e. The first-order valence-electron chi connectivity index (χ1n) is 7.46. The summed E-state index contributed by atoms with van der Waals surface area (Å²) in [4.78, 5) is 16.2. The van der Waals surface area contributed by atoms with Crippen molar-refractivity contribution in [2.45, 2.75) is 19.9 Å². The Morgan fingerprint density at radius 1 is 1.33 bits per heavy atom. The van der Waals surface area contributed by atoms with Gasteiger partial charge in [0.15, 0.2) is 11.5 Å². The fourth-order valence-electron chi connectivity index (χ4n) is 2.41. The highest BCUT2D eigenvalue weighted by atomic mass is 16.1. The van der Waals surface area contributed by atoms with E-state index in [9.17, 15) is 4.79 Å². The van der Waals surface area contributed by atoms with E-state index in [0.717, 1.165) is 32.0 Å². The number of nitrogens with one attached hydrogen (secondary N) is 1. The molecule has 1 atom stereocenters. The zero-order chi connectivity index (χ0) is 15.2. The highest BCUT2D eigenvalue weighted by Crippen LogP contribution is 2.14. The molecule has 3 N–H and O–H groups in total. The molecule has 1 amide bonds. The Morgan fingerprint density at radius 3 is 2.57 bits per heavy atom. The molecule has 7 nitrogen and oxygen atoms in total. The van der Waals surface area contributed by atoms with Crippen molar-refractivity contribution in [2.24, 2.45) is 5.73 Å². The van der Waals surface area contributed by atoms with Crippen LogP contribution in [0, 0.1) is 0 Å². The van der Waals surface area contributed by atoms with Crippen molar-refractivity contribution in [3.05, 3.63) is 17.8 Å². The Bertz CT molecular complexity index is 455. The van der Waals surface area contributed by atoms with Crippen molar-refractivity contribution in [3.63, 3.8) is 0 Å². The highest BCUT2D eigenvalue weighted by Gasteiger charge is 2.21. The third-order valence-electron chi connectivity index (χ3n) is 3.82. The van der Waals surface area contributed by atoms with Gasteiger partial charge in [0.1, 0.15) is 0 Å². The molecule has 116 valence electrons. The number of aromatic nitrogens is 2. The summed E-state index contributed by atoms with van der Waals surface area (Å²) < 4.78 is 0. The molecule has 2 heterocycles. The molecule has 1 aliphatic rings. The van der Waals surface area contributed by atoms with Crippen LogP contribution in [0.2, 0.25) is 0 Å². The first-order valence-corrected chi connectivity index (χ1v) is 7.46. The van der Waals surface area contributed by atoms with E-state index in [4.69, 9.17) is 5.73 Å². The number of carbonyl (C=O) groups is 1. The standard InChI is InChI=1S/C14H24N6O/c1-3-16-14(21)12-4-5-13(18-17-12)20-8-6-19(7-9-20)11(2)10-15/h4-5,11H,3,6-10,15H2,1-2H3,(H,16,21). The monoisotopic (exact) mass is 292 g/mol. The molecule has 0 aromatic carbocycles. The van der Waals surface area contributed by atoms with Crippen molar-refractivity contribution >= 4 is 11.7 Å². The van der Waals surface area contributed by atoms with Gasteiger partial charge in [-0.1, -0.05) is 0 Å². The highest BCUT2D eigenvalue weighted by molar-refractivity contribution is 5.92. The lowest BCUT2D eigenvalue weighted by molar-refractivity contribution is 0.0950.